The predicted octanol–water partition coefficient (Wildman–Crippen LogP) is 3.05. The number of nitrogens with two attached hydrogens (primary N) is 1. The molecule has 2 N–H and O–H groups in total. The van der Waals surface area contributed by atoms with Crippen molar-refractivity contribution in [3.63, 3.8) is 0 Å². The smallest absolute Gasteiger partial charge is 0.136 e. The molecular formula is C16H23NO. The highest BCUT2D eigenvalue weighted by molar-refractivity contribution is 5.81. The molecule has 1 aliphatic rings. The summed E-state index contributed by atoms with van der Waals surface area (Å²) in [6.07, 6.45) is 5.03. The van der Waals surface area contributed by atoms with Gasteiger partial charge in [0.05, 0.1) is 0 Å². The van der Waals surface area contributed by atoms with Gasteiger partial charge < -0.3 is 5.73 Å². The van der Waals surface area contributed by atoms with Crippen LogP contribution in [-0.2, 0) is 11.2 Å². The zero-order valence-corrected chi connectivity index (χ0v) is 11.2. The van der Waals surface area contributed by atoms with Gasteiger partial charge in [0.15, 0.2) is 0 Å². The lowest BCUT2D eigenvalue weighted by Gasteiger charge is -2.25. The maximum Gasteiger partial charge on any atom is 0.136 e. The fraction of sp³-hybridized carbons (Fsp3) is 0.562. The summed E-state index contributed by atoms with van der Waals surface area (Å²) in [6, 6.07) is 8.58. The topological polar surface area (TPSA) is 43.1 Å². The van der Waals surface area contributed by atoms with E-state index in [0.29, 0.717) is 24.7 Å². The van der Waals surface area contributed by atoms with Gasteiger partial charge in [0, 0.05) is 12.3 Å². The lowest BCUT2D eigenvalue weighted by molar-refractivity contribution is -0.123. The van der Waals surface area contributed by atoms with Crippen molar-refractivity contribution in [1.29, 1.82) is 0 Å². The summed E-state index contributed by atoms with van der Waals surface area (Å²) in [4.78, 5) is 12.2. The summed E-state index contributed by atoms with van der Waals surface area (Å²) >= 11 is 0. The van der Waals surface area contributed by atoms with Crippen molar-refractivity contribution in [2.75, 3.05) is 6.54 Å². The fourth-order valence-electron chi connectivity index (χ4n) is 2.92. The van der Waals surface area contributed by atoms with Gasteiger partial charge in [-0.3, -0.25) is 4.79 Å². The number of fused-ring (bicyclic) bond motifs is 1. The van der Waals surface area contributed by atoms with Gasteiger partial charge in [0.1, 0.15) is 5.78 Å². The van der Waals surface area contributed by atoms with Gasteiger partial charge in [-0.25, -0.2) is 0 Å². The fourth-order valence-corrected chi connectivity index (χ4v) is 2.92. The molecule has 0 saturated heterocycles. The van der Waals surface area contributed by atoms with Gasteiger partial charge in [-0.15, -0.1) is 0 Å². The predicted molar refractivity (Wildman–Crippen MR) is 74.6 cm³/mol. The Balaban J connectivity index is 2.05. The van der Waals surface area contributed by atoms with E-state index in [1.54, 1.807) is 0 Å². The minimum absolute atomic E-state index is 0.115. The molecule has 2 heteroatoms. The van der Waals surface area contributed by atoms with Crippen molar-refractivity contribution in [2.24, 2.45) is 11.7 Å². The van der Waals surface area contributed by atoms with Crippen molar-refractivity contribution in [3.8, 4) is 0 Å². The minimum Gasteiger partial charge on any atom is -0.330 e. The molecule has 0 heterocycles. The number of hydrogen-bond acceptors (Lipinski definition) is 2. The Morgan fingerprint density at radius 3 is 3.00 bits per heavy atom. The Hall–Kier alpha value is -1.15. The standard InChI is InChI=1S/C16H23NO/c1-12(9-10-17)16(18)11-14-7-4-6-13-5-2-3-8-15(13)14/h2-3,5,8,12,14H,4,6-7,9-11,17H2,1H3. The third-order valence-electron chi connectivity index (χ3n) is 4.09. The SMILES string of the molecule is CC(CCN)C(=O)CC1CCCc2ccccc21. The molecule has 0 aromatic heterocycles. The van der Waals surface area contributed by atoms with E-state index in [1.807, 2.05) is 6.92 Å². The maximum absolute atomic E-state index is 12.2. The van der Waals surface area contributed by atoms with Crippen molar-refractivity contribution in [1.82, 2.24) is 0 Å². The second-order valence-corrected chi connectivity index (χ2v) is 5.44. The Bertz CT molecular complexity index is 413. The van der Waals surface area contributed by atoms with Crippen LogP contribution in [0.4, 0.5) is 0 Å². The Labute approximate surface area is 110 Å². The molecule has 0 bridgehead atoms. The quantitative estimate of drug-likeness (QED) is 0.866. The average Bonchev–Trinajstić information content (AvgIpc) is 2.39. The molecule has 98 valence electrons. The summed E-state index contributed by atoms with van der Waals surface area (Å²) in [5.74, 6) is 0.925. The summed E-state index contributed by atoms with van der Waals surface area (Å²) in [5.41, 5.74) is 8.36. The minimum atomic E-state index is 0.115. The van der Waals surface area contributed by atoms with Gasteiger partial charge in [0.2, 0.25) is 0 Å². The first kappa shape index (κ1) is 13.3. The van der Waals surface area contributed by atoms with E-state index in [9.17, 15) is 4.79 Å². The number of benzene rings is 1. The first-order valence-corrected chi connectivity index (χ1v) is 7.03. The Kier molecular flexibility index (Phi) is 4.54. The summed E-state index contributed by atoms with van der Waals surface area (Å²) < 4.78 is 0. The van der Waals surface area contributed by atoms with Crippen LogP contribution in [0.2, 0.25) is 0 Å². The summed E-state index contributed by atoms with van der Waals surface area (Å²) in [7, 11) is 0. The zero-order chi connectivity index (χ0) is 13.0. The zero-order valence-electron chi connectivity index (χ0n) is 11.2. The van der Waals surface area contributed by atoms with E-state index >= 15 is 0 Å². The molecule has 1 aromatic carbocycles. The highest BCUT2D eigenvalue weighted by Crippen LogP contribution is 2.34. The van der Waals surface area contributed by atoms with Crippen molar-refractivity contribution >= 4 is 5.78 Å². The monoisotopic (exact) mass is 245 g/mol. The van der Waals surface area contributed by atoms with Crippen LogP contribution < -0.4 is 5.73 Å². The molecule has 0 fully saturated rings. The van der Waals surface area contributed by atoms with Crippen LogP contribution in [0.5, 0.6) is 0 Å². The Morgan fingerprint density at radius 1 is 1.44 bits per heavy atom. The number of hydrogen-bond donors (Lipinski definition) is 1. The first-order valence-electron chi connectivity index (χ1n) is 7.03. The van der Waals surface area contributed by atoms with Crippen LogP contribution in [0, 0.1) is 5.92 Å². The van der Waals surface area contributed by atoms with E-state index in [1.165, 1.54) is 24.0 Å². The van der Waals surface area contributed by atoms with Crippen molar-refractivity contribution < 1.29 is 4.79 Å². The molecule has 0 saturated carbocycles. The van der Waals surface area contributed by atoms with Crippen LogP contribution in [0.25, 0.3) is 0 Å². The van der Waals surface area contributed by atoms with Crippen molar-refractivity contribution in [2.45, 2.75) is 44.9 Å². The average molecular weight is 245 g/mol. The van der Waals surface area contributed by atoms with Crippen LogP contribution in [-0.4, -0.2) is 12.3 Å². The second-order valence-electron chi connectivity index (χ2n) is 5.44. The number of Topliss-reactive ketones (excluding diaryl/α,β-unsaturated/α-hetero) is 1. The summed E-state index contributed by atoms with van der Waals surface area (Å²) in [6.45, 7) is 2.61. The van der Waals surface area contributed by atoms with Crippen LogP contribution in [0.1, 0.15) is 49.7 Å². The number of carbonyl (C=O) groups is 1. The van der Waals surface area contributed by atoms with Gasteiger partial charge in [0.25, 0.3) is 0 Å². The highest BCUT2D eigenvalue weighted by atomic mass is 16.1. The molecule has 0 spiro atoms. The first-order chi connectivity index (χ1) is 8.72. The molecule has 0 aliphatic heterocycles. The molecule has 18 heavy (non-hydrogen) atoms. The van der Waals surface area contributed by atoms with Gasteiger partial charge in [-0.2, -0.15) is 0 Å². The highest BCUT2D eigenvalue weighted by Gasteiger charge is 2.24. The molecule has 2 unspecified atom stereocenters. The molecule has 0 radical (unpaired) electrons. The lowest BCUT2D eigenvalue weighted by Crippen LogP contribution is -2.20. The molecule has 0 amide bonds. The number of aryl methyl sites for hydroxylation is 1. The number of ketones is 1. The van der Waals surface area contributed by atoms with E-state index in [0.717, 1.165) is 12.8 Å². The maximum atomic E-state index is 12.2. The van der Waals surface area contributed by atoms with E-state index < -0.39 is 0 Å². The van der Waals surface area contributed by atoms with Gasteiger partial charge in [-0.05, 0) is 49.3 Å². The third kappa shape index (κ3) is 2.99. The molecule has 2 atom stereocenters. The molecule has 1 aromatic rings. The molecule has 2 nitrogen and oxygen atoms in total. The number of carbonyl (C=O) groups excluding carboxylic acids is 1. The van der Waals surface area contributed by atoms with E-state index in [2.05, 4.69) is 24.3 Å². The summed E-state index contributed by atoms with van der Waals surface area (Å²) in [5, 5.41) is 0. The molecule has 1 aliphatic carbocycles. The largest absolute Gasteiger partial charge is 0.330 e. The normalized spacial score (nSPS) is 20.2. The van der Waals surface area contributed by atoms with Crippen LogP contribution in [0.15, 0.2) is 24.3 Å². The van der Waals surface area contributed by atoms with Crippen molar-refractivity contribution in [3.05, 3.63) is 35.4 Å². The van der Waals surface area contributed by atoms with Gasteiger partial charge >= 0.3 is 0 Å². The molecular weight excluding hydrogens is 222 g/mol. The van der Waals surface area contributed by atoms with Crippen LogP contribution >= 0.6 is 0 Å². The van der Waals surface area contributed by atoms with Crippen LogP contribution in [0.3, 0.4) is 0 Å². The van der Waals surface area contributed by atoms with E-state index in [-0.39, 0.29) is 5.92 Å². The number of rotatable bonds is 5. The van der Waals surface area contributed by atoms with E-state index in [4.69, 9.17) is 5.73 Å². The Morgan fingerprint density at radius 2 is 2.22 bits per heavy atom. The van der Waals surface area contributed by atoms with Gasteiger partial charge in [-0.1, -0.05) is 31.2 Å². The third-order valence-corrected chi connectivity index (χ3v) is 4.09. The lowest BCUT2D eigenvalue weighted by atomic mass is 9.79. The second kappa shape index (κ2) is 6.14. The molecule has 2 rings (SSSR count).